The summed E-state index contributed by atoms with van der Waals surface area (Å²) < 4.78 is 20.2. The van der Waals surface area contributed by atoms with E-state index in [1.165, 1.54) is 18.2 Å². The van der Waals surface area contributed by atoms with Crippen molar-refractivity contribution in [3.8, 4) is 5.69 Å². The maximum atomic E-state index is 13.3. The Morgan fingerprint density at radius 3 is 2.26 bits per heavy atom. The van der Waals surface area contributed by atoms with Gasteiger partial charge in [-0.25, -0.2) is 18.9 Å². The molecule has 0 atom stereocenters. The molecule has 1 saturated heterocycles. The van der Waals surface area contributed by atoms with Crippen molar-refractivity contribution in [2.24, 2.45) is 0 Å². The lowest BCUT2D eigenvalue weighted by Gasteiger charge is -2.26. The van der Waals surface area contributed by atoms with Crippen molar-refractivity contribution in [3.63, 3.8) is 0 Å². The number of hydrogen-bond acceptors (Lipinski definition) is 5. The number of ether oxygens (including phenoxy) is 1. The molecule has 0 aliphatic carbocycles. The molecule has 1 aliphatic heterocycles. The number of benzene rings is 2. The van der Waals surface area contributed by atoms with Crippen LogP contribution >= 0.6 is 0 Å². The maximum absolute atomic E-state index is 13.3. The SMILES string of the molecule is CCOC(=O)c1ccc(-n2c(C)cc(C=C3C(=O)NC(=O)N(c4ccc(F)cc4)C3=O)c2C)cc1. The number of halogens is 1. The highest BCUT2D eigenvalue weighted by atomic mass is 19.1. The molecule has 35 heavy (non-hydrogen) atoms. The number of hydrogen-bond donors (Lipinski definition) is 1. The van der Waals surface area contributed by atoms with Gasteiger partial charge in [0, 0.05) is 17.1 Å². The summed E-state index contributed by atoms with van der Waals surface area (Å²) in [5, 5.41) is 2.16. The Kier molecular flexibility index (Phi) is 6.33. The molecular formula is C26H22FN3O5. The van der Waals surface area contributed by atoms with Crippen molar-refractivity contribution in [2.75, 3.05) is 11.5 Å². The Labute approximate surface area is 200 Å². The van der Waals surface area contributed by atoms with Gasteiger partial charge in [0.15, 0.2) is 0 Å². The van der Waals surface area contributed by atoms with E-state index in [2.05, 4.69) is 5.32 Å². The average Bonchev–Trinajstić information content (AvgIpc) is 3.10. The first kappa shape index (κ1) is 23.6. The number of amides is 4. The average molecular weight is 475 g/mol. The number of imide groups is 2. The van der Waals surface area contributed by atoms with Crippen LogP contribution < -0.4 is 10.2 Å². The van der Waals surface area contributed by atoms with Crippen molar-refractivity contribution < 1.29 is 28.3 Å². The van der Waals surface area contributed by atoms with Crippen LogP contribution in [0, 0.1) is 19.7 Å². The van der Waals surface area contributed by atoms with E-state index in [1.54, 1.807) is 37.3 Å². The highest BCUT2D eigenvalue weighted by Crippen LogP contribution is 2.26. The summed E-state index contributed by atoms with van der Waals surface area (Å²) in [4.78, 5) is 50.7. The Morgan fingerprint density at radius 1 is 1.00 bits per heavy atom. The quantitative estimate of drug-likeness (QED) is 0.341. The minimum atomic E-state index is -0.907. The van der Waals surface area contributed by atoms with Gasteiger partial charge in [-0.2, -0.15) is 0 Å². The second-order valence-electron chi connectivity index (χ2n) is 7.86. The summed E-state index contributed by atoms with van der Waals surface area (Å²) in [7, 11) is 0. The molecule has 4 rings (SSSR count). The number of anilines is 1. The number of carbonyl (C=O) groups excluding carboxylic acids is 4. The molecule has 1 aliphatic rings. The number of aryl methyl sites for hydroxylation is 1. The van der Waals surface area contributed by atoms with Crippen LogP contribution in [0.25, 0.3) is 11.8 Å². The van der Waals surface area contributed by atoms with Crippen LogP contribution in [0.15, 0.2) is 60.2 Å². The van der Waals surface area contributed by atoms with Crippen LogP contribution in [0.3, 0.4) is 0 Å². The van der Waals surface area contributed by atoms with Crippen LogP contribution in [0.1, 0.15) is 34.2 Å². The lowest BCUT2D eigenvalue weighted by atomic mass is 10.1. The van der Waals surface area contributed by atoms with E-state index < -0.39 is 29.6 Å². The van der Waals surface area contributed by atoms with Gasteiger partial charge >= 0.3 is 12.0 Å². The fraction of sp³-hybridized carbons (Fsp3) is 0.154. The number of esters is 1. The van der Waals surface area contributed by atoms with Gasteiger partial charge < -0.3 is 9.30 Å². The summed E-state index contributed by atoms with van der Waals surface area (Å²) >= 11 is 0. The minimum Gasteiger partial charge on any atom is -0.462 e. The summed E-state index contributed by atoms with van der Waals surface area (Å²) in [6.07, 6.45) is 1.42. The fourth-order valence-corrected chi connectivity index (χ4v) is 3.93. The number of barbiturate groups is 1. The van der Waals surface area contributed by atoms with Gasteiger partial charge in [0.05, 0.1) is 17.9 Å². The predicted molar refractivity (Wildman–Crippen MR) is 127 cm³/mol. The van der Waals surface area contributed by atoms with Crippen molar-refractivity contribution in [1.82, 2.24) is 9.88 Å². The molecule has 1 aromatic heterocycles. The molecule has 4 amide bonds. The number of aromatic nitrogens is 1. The molecule has 9 heteroatoms. The van der Waals surface area contributed by atoms with Crippen molar-refractivity contribution in [2.45, 2.75) is 20.8 Å². The van der Waals surface area contributed by atoms with Gasteiger partial charge in [0.25, 0.3) is 11.8 Å². The number of nitrogens with zero attached hydrogens (tertiary/aromatic N) is 2. The fourth-order valence-electron chi connectivity index (χ4n) is 3.93. The third-order valence-electron chi connectivity index (χ3n) is 5.59. The topological polar surface area (TPSA) is 97.7 Å². The van der Waals surface area contributed by atoms with Gasteiger partial charge in [0.1, 0.15) is 11.4 Å². The molecule has 2 aromatic carbocycles. The third-order valence-corrected chi connectivity index (χ3v) is 5.59. The van der Waals surface area contributed by atoms with Crippen molar-refractivity contribution in [1.29, 1.82) is 0 Å². The van der Waals surface area contributed by atoms with E-state index in [9.17, 15) is 23.6 Å². The van der Waals surface area contributed by atoms with Gasteiger partial charge in [-0.3, -0.25) is 14.9 Å². The zero-order valence-corrected chi connectivity index (χ0v) is 19.3. The highest BCUT2D eigenvalue weighted by molar-refractivity contribution is 6.39. The van der Waals surface area contributed by atoms with Crippen LogP contribution in [0.4, 0.5) is 14.9 Å². The molecule has 3 aromatic rings. The molecule has 0 spiro atoms. The lowest BCUT2D eigenvalue weighted by Crippen LogP contribution is -2.54. The van der Waals surface area contributed by atoms with Gasteiger partial charge in [-0.1, -0.05) is 0 Å². The maximum Gasteiger partial charge on any atom is 0.338 e. The minimum absolute atomic E-state index is 0.138. The number of urea groups is 1. The smallest absolute Gasteiger partial charge is 0.338 e. The molecule has 0 radical (unpaired) electrons. The first-order valence-corrected chi connectivity index (χ1v) is 10.8. The molecule has 0 bridgehead atoms. The Bertz CT molecular complexity index is 1370. The normalized spacial score (nSPS) is 14.9. The van der Waals surface area contributed by atoms with Crippen LogP contribution in [0.2, 0.25) is 0 Å². The van der Waals surface area contributed by atoms with Crippen LogP contribution in [0.5, 0.6) is 0 Å². The molecule has 1 fully saturated rings. The van der Waals surface area contributed by atoms with E-state index in [1.807, 2.05) is 18.4 Å². The molecular weight excluding hydrogens is 453 g/mol. The van der Waals surface area contributed by atoms with Crippen molar-refractivity contribution in [3.05, 3.63) is 88.5 Å². The zero-order chi connectivity index (χ0) is 25.3. The van der Waals surface area contributed by atoms with Gasteiger partial charge in [-0.05, 0) is 87.0 Å². The van der Waals surface area contributed by atoms with E-state index in [4.69, 9.17) is 4.74 Å². The molecule has 8 nitrogen and oxygen atoms in total. The lowest BCUT2D eigenvalue weighted by molar-refractivity contribution is -0.122. The Morgan fingerprint density at radius 2 is 1.63 bits per heavy atom. The van der Waals surface area contributed by atoms with E-state index >= 15 is 0 Å². The monoisotopic (exact) mass is 475 g/mol. The molecule has 0 unspecified atom stereocenters. The van der Waals surface area contributed by atoms with Crippen molar-refractivity contribution >= 4 is 35.6 Å². The first-order chi connectivity index (χ1) is 16.7. The van der Waals surface area contributed by atoms with E-state index in [-0.39, 0.29) is 17.9 Å². The second-order valence-corrected chi connectivity index (χ2v) is 7.86. The highest BCUT2D eigenvalue weighted by Gasteiger charge is 2.37. The standard InChI is InChI=1S/C26H22FN3O5/c1-4-35-25(33)17-5-9-20(10-6-17)29-15(2)13-18(16(29)3)14-22-23(31)28-26(34)30(24(22)32)21-11-7-19(27)8-12-21/h5-14H,4H2,1-3H3,(H,28,31,34). The molecule has 2 heterocycles. The van der Waals surface area contributed by atoms with Gasteiger partial charge in [0.2, 0.25) is 0 Å². The summed E-state index contributed by atoms with van der Waals surface area (Å²) in [6, 6.07) is 12.6. The Balaban J connectivity index is 1.69. The van der Waals surface area contributed by atoms with Gasteiger partial charge in [-0.15, -0.1) is 0 Å². The Hall–Kier alpha value is -4.53. The van der Waals surface area contributed by atoms with E-state index in [0.29, 0.717) is 11.1 Å². The summed E-state index contributed by atoms with van der Waals surface area (Å²) in [5.41, 5.74) is 3.28. The largest absolute Gasteiger partial charge is 0.462 e. The number of rotatable bonds is 5. The number of nitrogens with one attached hydrogen (secondary N) is 1. The zero-order valence-electron chi connectivity index (χ0n) is 19.3. The molecule has 1 N–H and O–H groups in total. The van der Waals surface area contributed by atoms with E-state index in [0.717, 1.165) is 34.1 Å². The van der Waals surface area contributed by atoms with Crippen LogP contribution in [-0.4, -0.2) is 35.0 Å². The summed E-state index contributed by atoms with van der Waals surface area (Å²) in [5.74, 6) is -2.56. The first-order valence-electron chi connectivity index (χ1n) is 10.8. The van der Waals surface area contributed by atoms with Crippen LogP contribution in [-0.2, 0) is 14.3 Å². The predicted octanol–water partition coefficient (Wildman–Crippen LogP) is 4.08. The molecule has 178 valence electrons. The summed E-state index contributed by atoms with van der Waals surface area (Å²) in [6.45, 7) is 5.71. The molecule has 0 saturated carbocycles. The number of carbonyl (C=O) groups is 4. The second kappa shape index (κ2) is 9.38. The third kappa shape index (κ3) is 4.48.